The quantitative estimate of drug-likeness (QED) is 0.756. The molecule has 116 valence electrons. The molecule has 2 atom stereocenters. The Labute approximate surface area is 122 Å². The van der Waals surface area contributed by atoms with Crippen LogP contribution in [0.1, 0.15) is 37.2 Å². The molecule has 7 heteroatoms. The minimum atomic E-state index is -1.16. The summed E-state index contributed by atoms with van der Waals surface area (Å²) in [6.07, 6.45) is 2.11. The van der Waals surface area contributed by atoms with Gasteiger partial charge in [-0.05, 0) is 18.6 Å². The van der Waals surface area contributed by atoms with Crippen molar-refractivity contribution < 1.29 is 29.0 Å². The van der Waals surface area contributed by atoms with Crippen LogP contribution in [0.5, 0.6) is 0 Å². The molecular formula is C14H19NO6. The summed E-state index contributed by atoms with van der Waals surface area (Å²) in [5.74, 6) is -3.74. The van der Waals surface area contributed by atoms with Gasteiger partial charge in [-0.25, -0.2) is 4.79 Å². The van der Waals surface area contributed by atoms with Crippen LogP contribution >= 0.6 is 0 Å². The third-order valence-electron chi connectivity index (χ3n) is 3.11. The van der Waals surface area contributed by atoms with Crippen molar-refractivity contribution in [3.8, 4) is 0 Å². The number of hydrogen-bond acceptors (Lipinski definition) is 4. The molecule has 2 unspecified atom stereocenters. The van der Waals surface area contributed by atoms with E-state index >= 15 is 0 Å². The van der Waals surface area contributed by atoms with E-state index in [0.717, 1.165) is 4.90 Å². The SMILES string of the molecule is CCCC(C(=O)O)N(CC(C)C(=O)O)C(=O)c1ccco1. The molecule has 0 radical (unpaired) electrons. The van der Waals surface area contributed by atoms with Crippen LogP contribution in [0.15, 0.2) is 22.8 Å². The van der Waals surface area contributed by atoms with Gasteiger partial charge in [0, 0.05) is 6.54 Å². The first kappa shape index (κ1) is 16.7. The van der Waals surface area contributed by atoms with Gasteiger partial charge in [0.25, 0.3) is 5.91 Å². The van der Waals surface area contributed by atoms with E-state index in [1.54, 1.807) is 6.92 Å². The lowest BCUT2D eigenvalue weighted by atomic mass is 10.1. The zero-order chi connectivity index (χ0) is 16.0. The van der Waals surface area contributed by atoms with Crippen LogP contribution in [0.3, 0.4) is 0 Å². The molecule has 1 aromatic heterocycles. The van der Waals surface area contributed by atoms with Gasteiger partial charge in [0.15, 0.2) is 5.76 Å². The molecule has 0 saturated carbocycles. The molecule has 7 nitrogen and oxygen atoms in total. The van der Waals surface area contributed by atoms with Crippen molar-refractivity contribution in [1.29, 1.82) is 0 Å². The highest BCUT2D eigenvalue weighted by Crippen LogP contribution is 2.16. The van der Waals surface area contributed by atoms with Gasteiger partial charge in [0.2, 0.25) is 0 Å². The lowest BCUT2D eigenvalue weighted by Crippen LogP contribution is -2.47. The molecule has 1 amide bonds. The summed E-state index contributed by atoms with van der Waals surface area (Å²) in [5, 5.41) is 18.3. The van der Waals surface area contributed by atoms with E-state index < -0.39 is 29.8 Å². The average Bonchev–Trinajstić information content (AvgIpc) is 2.95. The highest BCUT2D eigenvalue weighted by molar-refractivity contribution is 5.94. The van der Waals surface area contributed by atoms with Gasteiger partial charge < -0.3 is 19.5 Å². The van der Waals surface area contributed by atoms with Gasteiger partial charge in [-0.2, -0.15) is 0 Å². The van der Waals surface area contributed by atoms with Gasteiger partial charge >= 0.3 is 11.9 Å². The number of carboxylic acid groups (broad SMARTS) is 2. The van der Waals surface area contributed by atoms with Crippen molar-refractivity contribution in [2.24, 2.45) is 5.92 Å². The summed E-state index contributed by atoms with van der Waals surface area (Å²) in [6, 6.07) is 1.86. The predicted molar refractivity (Wildman–Crippen MR) is 72.9 cm³/mol. The number of carboxylic acids is 2. The number of nitrogens with zero attached hydrogens (tertiary/aromatic N) is 1. The summed E-state index contributed by atoms with van der Waals surface area (Å²) >= 11 is 0. The maximum atomic E-state index is 12.4. The van der Waals surface area contributed by atoms with Gasteiger partial charge in [-0.1, -0.05) is 20.3 Å². The average molecular weight is 297 g/mol. The minimum Gasteiger partial charge on any atom is -0.481 e. The largest absolute Gasteiger partial charge is 0.481 e. The molecule has 0 spiro atoms. The highest BCUT2D eigenvalue weighted by Gasteiger charge is 2.33. The molecule has 2 N–H and O–H groups in total. The molecule has 0 aliphatic carbocycles. The Morgan fingerprint density at radius 3 is 2.38 bits per heavy atom. The summed E-state index contributed by atoms with van der Waals surface area (Å²) in [4.78, 5) is 35.8. The van der Waals surface area contributed by atoms with E-state index in [0.29, 0.717) is 6.42 Å². The maximum Gasteiger partial charge on any atom is 0.326 e. The van der Waals surface area contributed by atoms with E-state index in [9.17, 15) is 19.5 Å². The summed E-state index contributed by atoms with van der Waals surface area (Å²) < 4.78 is 4.99. The van der Waals surface area contributed by atoms with Crippen molar-refractivity contribution in [3.63, 3.8) is 0 Å². The number of furan rings is 1. The molecule has 21 heavy (non-hydrogen) atoms. The Morgan fingerprint density at radius 1 is 1.29 bits per heavy atom. The standard InChI is InChI=1S/C14H19NO6/c1-3-5-10(14(19)20)15(8-9(2)13(17)18)12(16)11-6-4-7-21-11/h4,6-7,9-10H,3,5,8H2,1-2H3,(H,17,18)(H,19,20). The number of carbonyl (C=O) groups excluding carboxylic acids is 1. The number of rotatable bonds is 8. The molecule has 0 aliphatic rings. The molecule has 0 aliphatic heterocycles. The zero-order valence-electron chi connectivity index (χ0n) is 12.0. The molecule has 1 aromatic rings. The minimum absolute atomic E-state index is 0.00468. The fourth-order valence-electron chi connectivity index (χ4n) is 1.95. The summed E-state index contributed by atoms with van der Waals surface area (Å²) in [7, 11) is 0. The highest BCUT2D eigenvalue weighted by atomic mass is 16.4. The van der Waals surface area contributed by atoms with E-state index in [2.05, 4.69) is 0 Å². The Morgan fingerprint density at radius 2 is 1.95 bits per heavy atom. The second-order valence-corrected chi connectivity index (χ2v) is 4.82. The molecule has 1 heterocycles. The molecular weight excluding hydrogens is 278 g/mol. The van der Waals surface area contributed by atoms with Crippen LogP contribution in [0.25, 0.3) is 0 Å². The third-order valence-corrected chi connectivity index (χ3v) is 3.11. The second-order valence-electron chi connectivity index (χ2n) is 4.82. The lowest BCUT2D eigenvalue weighted by molar-refractivity contribution is -0.146. The summed E-state index contributed by atoms with van der Waals surface area (Å²) in [6.45, 7) is 3.04. The first-order chi connectivity index (χ1) is 9.88. The van der Waals surface area contributed by atoms with Crippen molar-refractivity contribution in [3.05, 3.63) is 24.2 Å². The maximum absolute atomic E-state index is 12.4. The third kappa shape index (κ3) is 4.34. The normalized spacial score (nSPS) is 13.4. The van der Waals surface area contributed by atoms with Crippen molar-refractivity contribution in [2.45, 2.75) is 32.7 Å². The Balaban J connectivity index is 3.05. The summed E-state index contributed by atoms with van der Waals surface area (Å²) in [5.41, 5.74) is 0. The van der Waals surface area contributed by atoms with Gasteiger partial charge in [0.05, 0.1) is 12.2 Å². The number of hydrogen-bond donors (Lipinski definition) is 2. The van der Waals surface area contributed by atoms with E-state index in [1.807, 2.05) is 0 Å². The number of aliphatic carboxylic acids is 2. The van der Waals surface area contributed by atoms with Gasteiger partial charge in [-0.3, -0.25) is 9.59 Å². The zero-order valence-corrected chi connectivity index (χ0v) is 12.0. The van der Waals surface area contributed by atoms with Crippen LogP contribution in [-0.2, 0) is 9.59 Å². The van der Waals surface area contributed by atoms with Crippen LogP contribution in [0.2, 0.25) is 0 Å². The molecule has 0 saturated heterocycles. The van der Waals surface area contributed by atoms with E-state index in [-0.39, 0.29) is 18.7 Å². The number of amides is 1. The van der Waals surface area contributed by atoms with Crippen molar-refractivity contribution >= 4 is 17.8 Å². The lowest BCUT2D eigenvalue weighted by Gasteiger charge is -2.29. The van der Waals surface area contributed by atoms with Crippen LogP contribution < -0.4 is 0 Å². The van der Waals surface area contributed by atoms with Crippen LogP contribution in [-0.4, -0.2) is 45.5 Å². The fourth-order valence-corrected chi connectivity index (χ4v) is 1.95. The molecule has 0 aromatic carbocycles. The monoisotopic (exact) mass is 297 g/mol. The fraction of sp³-hybridized carbons (Fsp3) is 0.500. The van der Waals surface area contributed by atoms with Gasteiger partial charge in [-0.15, -0.1) is 0 Å². The Bertz CT molecular complexity index is 496. The molecule has 0 bridgehead atoms. The van der Waals surface area contributed by atoms with E-state index in [1.165, 1.54) is 25.3 Å². The first-order valence-electron chi connectivity index (χ1n) is 6.68. The predicted octanol–water partition coefficient (Wildman–Crippen LogP) is 1.70. The van der Waals surface area contributed by atoms with Crippen LogP contribution in [0.4, 0.5) is 0 Å². The smallest absolute Gasteiger partial charge is 0.326 e. The van der Waals surface area contributed by atoms with Crippen molar-refractivity contribution in [1.82, 2.24) is 4.90 Å². The molecule has 1 rings (SSSR count). The molecule has 0 fully saturated rings. The van der Waals surface area contributed by atoms with Crippen LogP contribution in [0, 0.1) is 5.92 Å². The second kappa shape index (κ2) is 7.47. The first-order valence-corrected chi connectivity index (χ1v) is 6.68. The number of carbonyl (C=O) groups is 3. The van der Waals surface area contributed by atoms with Gasteiger partial charge in [0.1, 0.15) is 6.04 Å². The van der Waals surface area contributed by atoms with E-state index in [4.69, 9.17) is 9.52 Å². The Kier molecular flexibility index (Phi) is 5.95. The topological polar surface area (TPSA) is 108 Å². The Hall–Kier alpha value is -2.31. The van der Waals surface area contributed by atoms with Crippen molar-refractivity contribution in [2.75, 3.05) is 6.54 Å².